The van der Waals surface area contributed by atoms with Crippen molar-refractivity contribution in [3.63, 3.8) is 0 Å². The number of ether oxygens (including phenoxy) is 2. The third kappa shape index (κ3) is 5.95. The number of amides is 1. The zero-order valence-electron chi connectivity index (χ0n) is 17.4. The fraction of sp³-hybridized carbons (Fsp3) is 0.696. The Balaban J connectivity index is 1.41. The molecule has 0 spiro atoms. The summed E-state index contributed by atoms with van der Waals surface area (Å²) in [6.45, 7) is 6.84. The molecule has 1 aliphatic heterocycles. The largest absolute Gasteiger partial charge is 0.494 e. The Morgan fingerprint density at radius 2 is 1.71 bits per heavy atom. The zero-order chi connectivity index (χ0) is 19.7. The molecule has 1 saturated heterocycles. The maximum Gasteiger partial charge on any atom is 0.256 e. The van der Waals surface area contributed by atoms with Gasteiger partial charge >= 0.3 is 0 Å². The summed E-state index contributed by atoms with van der Waals surface area (Å²) in [5.41, 5.74) is 0.157. The van der Waals surface area contributed by atoms with Gasteiger partial charge in [0, 0.05) is 18.8 Å². The van der Waals surface area contributed by atoms with Crippen molar-refractivity contribution in [2.45, 2.75) is 70.3 Å². The van der Waals surface area contributed by atoms with Crippen molar-refractivity contribution >= 4 is 11.6 Å². The van der Waals surface area contributed by atoms with E-state index in [0.29, 0.717) is 6.61 Å². The van der Waals surface area contributed by atoms with E-state index in [4.69, 9.17) is 9.47 Å². The van der Waals surface area contributed by atoms with Crippen LogP contribution in [0.4, 0.5) is 5.69 Å². The second-order valence-corrected chi connectivity index (χ2v) is 8.07. The molecule has 2 aliphatic rings. The number of nitrogens with zero attached hydrogens (tertiary/aromatic N) is 1. The lowest BCUT2D eigenvalue weighted by molar-refractivity contribution is -0.140. The molecule has 1 heterocycles. The average Bonchev–Trinajstić information content (AvgIpc) is 3.03. The van der Waals surface area contributed by atoms with Crippen LogP contribution in [0, 0.1) is 0 Å². The molecule has 1 aromatic carbocycles. The third-order valence-electron chi connectivity index (χ3n) is 5.94. The Morgan fingerprint density at radius 3 is 2.36 bits per heavy atom. The molecule has 1 aromatic rings. The van der Waals surface area contributed by atoms with Crippen LogP contribution in [0.15, 0.2) is 24.3 Å². The number of hydrogen-bond acceptors (Lipinski definition) is 4. The van der Waals surface area contributed by atoms with Crippen molar-refractivity contribution in [3.05, 3.63) is 24.3 Å². The molecule has 1 amide bonds. The smallest absolute Gasteiger partial charge is 0.256 e. The van der Waals surface area contributed by atoms with E-state index < -0.39 is 5.60 Å². The molecule has 1 aliphatic carbocycles. The molecule has 2 fully saturated rings. The van der Waals surface area contributed by atoms with Crippen molar-refractivity contribution in [3.8, 4) is 5.75 Å². The third-order valence-corrected chi connectivity index (χ3v) is 5.94. The number of rotatable bonds is 9. The van der Waals surface area contributed by atoms with Gasteiger partial charge in [-0.2, -0.15) is 0 Å². The minimum atomic E-state index is -0.642. The van der Waals surface area contributed by atoms with Gasteiger partial charge in [-0.25, -0.2) is 0 Å². The van der Waals surface area contributed by atoms with E-state index in [-0.39, 0.29) is 5.91 Å². The Hall–Kier alpha value is -1.59. The second-order valence-electron chi connectivity index (χ2n) is 8.07. The Morgan fingerprint density at radius 1 is 1.04 bits per heavy atom. The van der Waals surface area contributed by atoms with E-state index in [2.05, 4.69) is 10.2 Å². The molecule has 0 atom stereocenters. The SMILES string of the molecule is CCOC1(C(=O)Nc2ccc(OCCCN3CCCCCC3)cc2)CCCC1. The predicted molar refractivity (Wildman–Crippen MR) is 113 cm³/mol. The summed E-state index contributed by atoms with van der Waals surface area (Å²) in [6.07, 6.45) is 10.2. The molecule has 5 heteroatoms. The first-order valence-electron chi connectivity index (χ1n) is 11.1. The first-order chi connectivity index (χ1) is 13.7. The van der Waals surface area contributed by atoms with Gasteiger partial charge in [0.25, 0.3) is 5.91 Å². The van der Waals surface area contributed by atoms with Gasteiger partial charge in [-0.15, -0.1) is 0 Å². The van der Waals surface area contributed by atoms with Crippen LogP contribution < -0.4 is 10.1 Å². The van der Waals surface area contributed by atoms with Gasteiger partial charge in [-0.05, 0) is 89.2 Å². The van der Waals surface area contributed by atoms with Gasteiger partial charge in [-0.1, -0.05) is 12.8 Å². The molecular weight excluding hydrogens is 352 g/mol. The molecule has 28 heavy (non-hydrogen) atoms. The molecule has 156 valence electrons. The number of likely N-dealkylation sites (tertiary alicyclic amines) is 1. The van der Waals surface area contributed by atoms with Crippen LogP contribution in [-0.4, -0.2) is 49.3 Å². The van der Waals surface area contributed by atoms with Crippen molar-refractivity contribution in [2.75, 3.05) is 38.2 Å². The highest BCUT2D eigenvalue weighted by Gasteiger charge is 2.41. The van der Waals surface area contributed by atoms with E-state index in [1.54, 1.807) is 0 Å². The van der Waals surface area contributed by atoms with Crippen molar-refractivity contribution in [1.82, 2.24) is 4.90 Å². The number of benzene rings is 1. The van der Waals surface area contributed by atoms with Crippen molar-refractivity contribution < 1.29 is 14.3 Å². The predicted octanol–water partition coefficient (Wildman–Crippen LogP) is 4.62. The van der Waals surface area contributed by atoms with Crippen LogP contribution in [0.2, 0.25) is 0 Å². The number of anilines is 1. The minimum absolute atomic E-state index is 0.0158. The number of carbonyl (C=O) groups excluding carboxylic acids is 1. The monoisotopic (exact) mass is 388 g/mol. The fourth-order valence-corrected chi connectivity index (χ4v) is 4.38. The maximum absolute atomic E-state index is 12.7. The van der Waals surface area contributed by atoms with Crippen LogP contribution in [-0.2, 0) is 9.53 Å². The Kier molecular flexibility index (Phi) is 8.16. The molecule has 5 nitrogen and oxygen atoms in total. The molecule has 0 aromatic heterocycles. The molecular formula is C23H36N2O3. The lowest BCUT2D eigenvalue weighted by atomic mass is 10.0. The van der Waals surface area contributed by atoms with Gasteiger partial charge in [0.2, 0.25) is 0 Å². The average molecular weight is 389 g/mol. The van der Waals surface area contributed by atoms with Gasteiger partial charge < -0.3 is 19.7 Å². The summed E-state index contributed by atoms with van der Waals surface area (Å²) in [4.78, 5) is 15.3. The first-order valence-corrected chi connectivity index (χ1v) is 11.1. The van der Waals surface area contributed by atoms with Crippen LogP contribution in [0.5, 0.6) is 5.75 Å². The highest BCUT2D eigenvalue weighted by molar-refractivity contribution is 5.97. The Labute approximate surface area is 169 Å². The summed E-state index contributed by atoms with van der Waals surface area (Å²) in [5, 5.41) is 3.03. The quantitative estimate of drug-likeness (QED) is 0.627. The fourth-order valence-electron chi connectivity index (χ4n) is 4.38. The minimum Gasteiger partial charge on any atom is -0.494 e. The molecule has 0 bridgehead atoms. The number of nitrogens with one attached hydrogen (secondary N) is 1. The summed E-state index contributed by atoms with van der Waals surface area (Å²) < 4.78 is 11.7. The highest BCUT2D eigenvalue weighted by Crippen LogP contribution is 2.34. The molecule has 3 rings (SSSR count). The standard InChI is InChI=1S/C23H36N2O3/c1-2-28-23(14-5-6-15-23)22(26)24-20-10-12-21(13-11-20)27-19-9-18-25-16-7-3-4-8-17-25/h10-13H,2-9,14-19H2,1H3,(H,24,26). The molecule has 1 N–H and O–H groups in total. The summed E-state index contributed by atoms with van der Waals surface area (Å²) in [7, 11) is 0. The van der Waals surface area contributed by atoms with E-state index >= 15 is 0 Å². The van der Waals surface area contributed by atoms with E-state index in [9.17, 15) is 4.79 Å². The lowest BCUT2D eigenvalue weighted by Gasteiger charge is -2.27. The summed E-state index contributed by atoms with van der Waals surface area (Å²) in [6, 6.07) is 7.69. The van der Waals surface area contributed by atoms with Gasteiger partial charge in [0.1, 0.15) is 11.4 Å². The normalized spacial score (nSPS) is 19.9. The highest BCUT2D eigenvalue weighted by atomic mass is 16.5. The van der Waals surface area contributed by atoms with E-state index in [1.807, 2.05) is 31.2 Å². The number of hydrogen-bond donors (Lipinski definition) is 1. The van der Waals surface area contributed by atoms with Crippen LogP contribution >= 0.6 is 0 Å². The molecule has 0 unspecified atom stereocenters. The second kappa shape index (κ2) is 10.8. The van der Waals surface area contributed by atoms with Crippen molar-refractivity contribution in [1.29, 1.82) is 0 Å². The lowest BCUT2D eigenvalue weighted by Crippen LogP contribution is -2.43. The first kappa shape index (κ1) is 21.1. The maximum atomic E-state index is 12.7. The molecule has 0 radical (unpaired) electrons. The van der Waals surface area contributed by atoms with Crippen LogP contribution in [0.1, 0.15) is 64.7 Å². The van der Waals surface area contributed by atoms with Crippen LogP contribution in [0.3, 0.4) is 0 Å². The van der Waals surface area contributed by atoms with Gasteiger partial charge in [0.15, 0.2) is 0 Å². The Bertz CT molecular complexity index is 588. The van der Waals surface area contributed by atoms with E-state index in [0.717, 1.165) is 56.7 Å². The van der Waals surface area contributed by atoms with Crippen molar-refractivity contribution in [2.24, 2.45) is 0 Å². The molecule has 1 saturated carbocycles. The van der Waals surface area contributed by atoms with Crippen LogP contribution in [0.25, 0.3) is 0 Å². The summed E-state index contributed by atoms with van der Waals surface area (Å²) in [5.74, 6) is 0.840. The van der Waals surface area contributed by atoms with E-state index in [1.165, 1.54) is 38.8 Å². The summed E-state index contributed by atoms with van der Waals surface area (Å²) >= 11 is 0. The number of carbonyl (C=O) groups is 1. The topological polar surface area (TPSA) is 50.8 Å². The van der Waals surface area contributed by atoms with Gasteiger partial charge in [-0.3, -0.25) is 4.79 Å². The zero-order valence-corrected chi connectivity index (χ0v) is 17.4. The van der Waals surface area contributed by atoms with Gasteiger partial charge in [0.05, 0.1) is 6.61 Å².